The van der Waals surface area contributed by atoms with E-state index in [0.29, 0.717) is 17.6 Å². The average molecular weight is 440 g/mol. The van der Waals surface area contributed by atoms with Crippen LogP contribution in [0.25, 0.3) is 0 Å². The standard InChI is InChI=1S/C17H15F3N6OS2/c1-9-14(15(27)23-10-3-5-11(6-4-10)28-21-2)16(29-26-9)25-13-8-22-7-12(24-13)17(18,19)20/h3-8,21H,1-2H3,(H,23,27)(H,24,25). The summed E-state index contributed by atoms with van der Waals surface area (Å²) in [6.45, 7) is 1.64. The molecule has 0 radical (unpaired) electrons. The maximum atomic E-state index is 12.8. The van der Waals surface area contributed by atoms with E-state index in [0.717, 1.165) is 22.6 Å². The van der Waals surface area contributed by atoms with E-state index >= 15 is 0 Å². The Balaban J connectivity index is 1.79. The smallest absolute Gasteiger partial charge is 0.329 e. The number of anilines is 3. The molecular weight excluding hydrogens is 425 g/mol. The molecule has 0 spiro atoms. The van der Waals surface area contributed by atoms with Gasteiger partial charge in [0.2, 0.25) is 0 Å². The van der Waals surface area contributed by atoms with Crippen molar-refractivity contribution in [1.82, 2.24) is 19.1 Å². The van der Waals surface area contributed by atoms with Gasteiger partial charge in [-0.3, -0.25) is 14.5 Å². The molecule has 2 aromatic heterocycles. The number of hydrogen-bond donors (Lipinski definition) is 3. The fraction of sp³-hybridized carbons (Fsp3) is 0.176. The summed E-state index contributed by atoms with van der Waals surface area (Å²) in [5.74, 6) is -0.571. The van der Waals surface area contributed by atoms with Gasteiger partial charge in [0.1, 0.15) is 10.8 Å². The lowest BCUT2D eigenvalue weighted by Gasteiger charge is -2.10. The van der Waals surface area contributed by atoms with Gasteiger partial charge in [0.25, 0.3) is 5.91 Å². The van der Waals surface area contributed by atoms with Crippen molar-refractivity contribution in [3.63, 3.8) is 0 Å². The zero-order valence-electron chi connectivity index (χ0n) is 15.2. The molecule has 152 valence electrons. The van der Waals surface area contributed by atoms with E-state index in [2.05, 4.69) is 29.7 Å². The summed E-state index contributed by atoms with van der Waals surface area (Å²) >= 11 is 2.39. The fourth-order valence-corrected chi connectivity index (χ4v) is 3.63. The first-order valence-corrected chi connectivity index (χ1v) is 9.74. The van der Waals surface area contributed by atoms with Gasteiger partial charge in [-0.25, -0.2) is 4.98 Å². The Morgan fingerprint density at radius 2 is 1.90 bits per heavy atom. The van der Waals surface area contributed by atoms with Crippen LogP contribution in [0.4, 0.5) is 29.7 Å². The van der Waals surface area contributed by atoms with Crippen molar-refractivity contribution < 1.29 is 18.0 Å². The third-order valence-electron chi connectivity index (χ3n) is 3.59. The maximum absolute atomic E-state index is 12.8. The Morgan fingerprint density at radius 1 is 1.17 bits per heavy atom. The van der Waals surface area contributed by atoms with Gasteiger partial charge >= 0.3 is 6.18 Å². The Morgan fingerprint density at radius 3 is 2.55 bits per heavy atom. The van der Waals surface area contributed by atoms with E-state index < -0.39 is 17.8 Å². The van der Waals surface area contributed by atoms with Gasteiger partial charge in [-0.2, -0.15) is 17.5 Å². The van der Waals surface area contributed by atoms with Gasteiger partial charge in [0, 0.05) is 10.6 Å². The molecule has 12 heteroatoms. The molecule has 7 nitrogen and oxygen atoms in total. The number of rotatable bonds is 6. The highest BCUT2D eigenvalue weighted by Gasteiger charge is 2.33. The number of aryl methyl sites for hydroxylation is 1. The van der Waals surface area contributed by atoms with Gasteiger partial charge in [-0.15, -0.1) is 0 Å². The number of nitrogens with one attached hydrogen (secondary N) is 3. The van der Waals surface area contributed by atoms with E-state index in [1.54, 1.807) is 26.1 Å². The van der Waals surface area contributed by atoms with Crippen molar-refractivity contribution >= 4 is 45.9 Å². The lowest BCUT2D eigenvalue weighted by molar-refractivity contribution is -0.141. The Labute approximate surface area is 172 Å². The molecule has 0 saturated carbocycles. The number of nitrogens with zero attached hydrogens (tertiary/aromatic N) is 3. The third kappa shape index (κ3) is 5.22. The number of aromatic nitrogens is 3. The molecule has 0 atom stereocenters. The number of benzene rings is 1. The number of amides is 1. The number of hydrogen-bond acceptors (Lipinski definition) is 8. The van der Waals surface area contributed by atoms with Crippen LogP contribution in [0.15, 0.2) is 41.6 Å². The van der Waals surface area contributed by atoms with Crippen LogP contribution in [0.3, 0.4) is 0 Å². The van der Waals surface area contributed by atoms with Crippen LogP contribution in [0.2, 0.25) is 0 Å². The minimum atomic E-state index is -4.62. The zero-order valence-corrected chi connectivity index (χ0v) is 16.8. The summed E-state index contributed by atoms with van der Waals surface area (Å²) in [6, 6.07) is 7.18. The second-order valence-corrected chi connectivity index (χ2v) is 7.53. The topological polar surface area (TPSA) is 91.8 Å². The third-order valence-corrected chi connectivity index (χ3v) is 5.15. The summed E-state index contributed by atoms with van der Waals surface area (Å²) in [5, 5.41) is 5.74. The first-order valence-electron chi connectivity index (χ1n) is 8.15. The highest BCUT2D eigenvalue weighted by atomic mass is 32.2. The fourth-order valence-electron chi connectivity index (χ4n) is 2.32. The predicted octanol–water partition coefficient (Wildman–Crippen LogP) is 4.48. The normalized spacial score (nSPS) is 11.3. The molecule has 3 rings (SSSR count). The first kappa shape index (κ1) is 21.0. The SMILES string of the molecule is CNSc1ccc(NC(=O)c2c(C)nsc2Nc2cncc(C(F)(F)F)n2)cc1. The molecule has 3 N–H and O–H groups in total. The largest absolute Gasteiger partial charge is 0.434 e. The molecular formula is C17H15F3N6OS2. The quantitative estimate of drug-likeness (QED) is 0.487. The van der Waals surface area contributed by atoms with Crippen molar-refractivity contribution in [1.29, 1.82) is 0 Å². The molecule has 0 unspecified atom stereocenters. The van der Waals surface area contributed by atoms with E-state index in [1.807, 2.05) is 12.1 Å². The predicted molar refractivity (Wildman–Crippen MR) is 106 cm³/mol. The Kier molecular flexibility index (Phi) is 6.35. The number of carbonyl (C=O) groups is 1. The second kappa shape index (κ2) is 8.76. The van der Waals surface area contributed by atoms with Crippen LogP contribution in [-0.4, -0.2) is 27.3 Å². The second-order valence-electron chi connectivity index (χ2n) is 5.67. The van der Waals surface area contributed by atoms with Gasteiger partial charge < -0.3 is 10.6 Å². The van der Waals surface area contributed by atoms with E-state index in [9.17, 15) is 18.0 Å². The maximum Gasteiger partial charge on any atom is 0.434 e. The summed E-state index contributed by atoms with van der Waals surface area (Å²) in [4.78, 5) is 20.8. The molecule has 0 saturated heterocycles. The van der Waals surface area contributed by atoms with Gasteiger partial charge in [0.05, 0.1) is 23.7 Å². The van der Waals surface area contributed by atoms with Gasteiger partial charge in [-0.1, -0.05) is 0 Å². The summed E-state index contributed by atoms with van der Waals surface area (Å²) in [7, 11) is 1.80. The van der Waals surface area contributed by atoms with Crippen molar-refractivity contribution in [2.75, 3.05) is 17.7 Å². The summed E-state index contributed by atoms with van der Waals surface area (Å²) in [6.07, 6.45) is -2.84. The van der Waals surface area contributed by atoms with E-state index in [-0.39, 0.29) is 16.4 Å². The van der Waals surface area contributed by atoms with Crippen molar-refractivity contribution in [3.05, 3.63) is 53.6 Å². The van der Waals surface area contributed by atoms with Crippen molar-refractivity contribution in [3.8, 4) is 0 Å². The lowest BCUT2D eigenvalue weighted by Crippen LogP contribution is -2.14. The lowest BCUT2D eigenvalue weighted by atomic mass is 10.2. The Hall–Kier alpha value is -2.70. The number of alkyl halides is 3. The summed E-state index contributed by atoms with van der Waals surface area (Å²) < 4.78 is 45.6. The van der Waals surface area contributed by atoms with Crippen molar-refractivity contribution in [2.24, 2.45) is 0 Å². The molecule has 1 amide bonds. The van der Waals surface area contributed by atoms with Gasteiger partial charge in [0.15, 0.2) is 5.69 Å². The van der Waals surface area contributed by atoms with Crippen LogP contribution in [0, 0.1) is 6.92 Å². The van der Waals surface area contributed by atoms with Crippen LogP contribution in [0.1, 0.15) is 21.7 Å². The monoisotopic (exact) mass is 440 g/mol. The molecule has 0 fully saturated rings. The molecule has 1 aromatic carbocycles. The first-order chi connectivity index (χ1) is 13.8. The highest BCUT2D eigenvalue weighted by Crippen LogP contribution is 2.31. The van der Waals surface area contributed by atoms with E-state index in [1.165, 1.54) is 11.9 Å². The molecule has 3 aromatic rings. The minimum absolute atomic E-state index is 0.133. The van der Waals surface area contributed by atoms with Crippen LogP contribution in [0.5, 0.6) is 0 Å². The van der Waals surface area contributed by atoms with Crippen LogP contribution < -0.4 is 15.4 Å². The molecule has 0 bridgehead atoms. The molecule has 0 aliphatic rings. The van der Waals surface area contributed by atoms with Gasteiger partial charge in [-0.05, 0) is 61.7 Å². The summed E-state index contributed by atoms with van der Waals surface area (Å²) in [5.41, 5.74) is 0.111. The average Bonchev–Trinajstić information content (AvgIpc) is 3.03. The highest BCUT2D eigenvalue weighted by molar-refractivity contribution is 7.97. The number of halogens is 3. The molecule has 2 heterocycles. The van der Waals surface area contributed by atoms with Crippen LogP contribution in [-0.2, 0) is 6.18 Å². The van der Waals surface area contributed by atoms with Crippen molar-refractivity contribution in [2.45, 2.75) is 18.0 Å². The molecule has 0 aliphatic carbocycles. The van der Waals surface area contributed by atoms with Crippen LogP contribution >= 0.6 is 23.5 Å². The number of carbonyl (C=O) groups excluding carboxylic acids is 1. The van der Waals surface area contributed by atoms with E-state index in [4.69, 9.17) is 0 Å². The minimum Gasteiger partial charge on any atom is -0.329 e. The Bertz CT molecular complexity index is 1010. The molecule has 0 aliphatic heterocycles. The zero-order chi connectivity index (χ0) is 21.0. The molecule has 29 heavy (non-hydrogen) atoms.